The van der Waals surface area contributed by atoms with Gasteiger partial charge < -0.3 is 5.32 Å². The van der Waals surface area contributed by atoms with Gasteiger partial charge in [-0.15, -0.1) is 0 Å². The number of nitrogens with one attached hydrogen (secondary N) is 1. The smallest absolute Gasteiger partial charge is 0.220 e. The molecule has 0 saturated carbocycles. The zero-order chi connectivity index (χ0) is 16.2. The Bertz CT molecular complexity index is 611. The highest BCUT2D eigenvalue weighted by molar-refractivity contribution is 7.88. The molecule has 1 aromatic rings. The molecule has 1 atom stereocenters. The van der Waals surface area contributed by atoms with E-state index in [4.69, 9.17) is 0 Å². The number of hydrogen-bond acceptors (Lipinski definition) is 4. The van der Waals surface area contributed by atoms with Gasteiger partial charge in [0.25, 0.3) is 0 Å². The molecule has 2 rings (SSSR count). The van der Waals surface area contributed by atoms with Crippen molar-refractivity contribution in [2.24, 2.45) is 13.0 Å². The molecule has 22 heavy (non-hydrogen) atoms. The quantitative estimate of drug-likeness (QED) is 0.805. The number of nitrogens with zero attached hydrogens (tertiary/aromatic N) is 3. The van der Waals surface area contributed by atoms with Crippen LogP contribution in [0.4, 0.5) is 0 Å². The van der Waals surface area contributed by atoms with Crippen LogP contribution in [0.3, 0.4) is 0 Å². The molecule has 1 aliphatic rings. The molecular weight excluding hydrogens is 304 g/mol. The molecule has 2 heterocycles. The Kier molecular flexibility index (Phi) is 5.57. The highest BCUT2D eigenvalue weighted by atomic mass is 32.2. The number of aryl methyl sites for hydroxylation is 2. The van der Waals surface area contributed by atoms with Crippen LogP contribution in [0.15, 0.2) is 12.3 Å². The largest absolute Gasteiger partial charge is 0.356 e. The third-order valence-corrected chi connectivity index (χ3v) is 5.34. The number of piperidine rings is 1. The van der Waals surface area contributed by atoms with E-state index in [1.165, 1.54) is 10.6 Å². The normalized spacial score (nSPS) is 20.0. The highest BCUT2D eigenvalue weighted by Crippen LogP contribution is 2.17. The van der Waals surface area contributed by atoms with Gasteiger partial charge >= 0.3 is 0 Å². The summed E-state index contributed by atoms with van der Waals surface area (Å²) >= 11 is 0. The van der Waals surface area contributed by atoms with E-state index in [2.05, 4.69) is 10.4 Å². The topological polar surface area (TPSA) is 84.3 Å². The summed E-state index contributed by atoms with van der Waals surface area (Å²) in [6.07, 6.45) is 5.83. The number of carbonyl (C=O) groups is 1. The van der Waals surface area contributed by atoms with Gasteiger partial charge in [0.15, 0.2) is 0 Å². The third-order valence-electron chi connectivity index (χ3n) is 4.07. The molecule has 1 saturated heterocycles. The summed E-state index contributed by atoms with van der Waals surface area (Å²) in [5, 5.41) is 6.98. The minimum Gasteiger partial charge on any atom is -0.356 e. The molecule has 7 nitrogen and oxygen atoms in total. The van der Waals surface area contributed by atoms with Gasteiger partial charge in [0.2, 0.25) is 15.9 Å². The molecule has 0 bridgehead atoms. The Balaban J connectivity index is 1.73. The van der Waals surface area contributed by atoms with Crippen molar-refractivity contribution in [2.75, 3.05) is 25.9 Å². The first-order chi connectivity index (χ1) is 10.4. The monoisotopic (exact) mass is 328 g/mol. The minimum atomic E-state index is -3.13. The molecule has 8 heteroatoms. The van der Waals surface area contributed by atoms with Gasteiger partial charge in [-0.3, -0.25) is 9.48 Å². The van der Waals surface area contributed by atoms with Crippen molar-refractivity contribution in [3.63, 3.8) is 0 Å². The number of rotatable bonds is 6. The van der Waals surface area contributed by atoms with Crippen molar-refractivity contribution in [2.45, 2.75) is 25.7 Å². The van der Waals surface area contributed by atoms with Crippen LogP contribution in [0.25, 0.3) is 0 Å². The van der Waals surface area contributed by atoms with E-state index >= 15 is 0 Å². The highest BCUT2D eigenvalue weighted by Gasteiger charge is 2.25. The van der Waals surface area contributed by atoms with Gasteiger partial charge in [0.1, 0.15) is 0 Å². The summed E-state index contributed by atoms with van der Waals surface area (Å²) in [6, 6.07) is 1.90. The first kappa shape index (κ1) is 17.0. The summed E-state index contributed by atoms with van der Waals surface area (Å²) < 4.78 is 26.4. The lowest BCUT2D eigenvalue weighted by atomic mass is 9.99. The second-order valence-corrected chi connectivity index (χ2v) is 7.86. The predicted octanol–water partition coefficient (Wildman–Crippen LogP) is 0.141. The Morgan fingerprint density at radius 2 is 2.27 bits per heavy atom. The molecule has 124 valence electrons. The summed E-state index contributed by atoms with van der Waals surface area (Å²) in [7, 11) is -1.27. The van der Waals surface area contributed by atoms with E-state index in [-0.39, 0.29) is 11.8 Å². The van der Waals surface area contributed by atoms with Gasteiger partial charge in [0.05, 0.1) is 6.26 Å². The minimum absolute atomic E-state index is 0.00215. The van der Waals surface area contributed by atoms with Gasteiger partial charge in [0, 0.05) is 45.0 Å². The van der Waals surface area contributed by atoms with E-state index < -0.39 is 10.0 Å². The molecule has 0 aliphatic carbocycles. The van der Waals surface area contributed by atoms with Crippen LogP contribution in [0, 0.1) is 5.92 Å². The molecule has 1 aromatic heterocycles. The van der Waals surface area contributed by atoms with Gasteiger partial charge in [-0.05, 0) is 31.2 Å². The SMILES string of the molecule is Cn1nccc1CCC(=O)NC[C@@H]1CCCN(S(C)(=O)=O)C1. The van der Waals surface area contributed by atoms with E-state index in [0.717, 1.165) is 18.5 Å². The molecule has 0 aromatic carbocycles. The Labute approximate surface area is 131 Å². The maximum Gasteiger partial charge on any atom is 0.220 e. The van der Waals surface area contributed by atoms with Crippen LogP contribution >= 0.6 is 0 Å². The van der Waals surface area contributed by atoms with Crippen LogP contribution in [0.5, 0.6) is 0 Å². The molecule has 0 spiro atoms. The predicted molar refractivity (Wildman–Crippen MR) is 83.7 cm³/mol. The van der Waals surface area contributed by atoms with Gasteiger partial charge in [-0.25, -0.2) is 12.7 Å². The average molecular weight is 328 g/mol. The standard InChI is InChI=1S/C14H24N4O3S/c1-17-13(7-8-16-17)5-6-14(19)15-10-12-4-3-9-18(11-12)22(2,20)21/h7-8,12H,3-6,9-11H2,1-2H3,(H,15,19)/t12-/m0/s1. The lowest BCUT2D eigenvalue weighted by Gasteiger charge is -2.30. The number of aromatic nitrogens is 2. The number of sulfonamides is 1. The number of amides is 1. The van der Waals surface area contributed by atoms with Crippen LogP contribution in [-0.4, -0.2) is 54.3 Å². The summed E-state index contributed by atoms with van der Waals surface area (Å²) in [6.45, 7) is 1.63. The fraction of sp³-hybridized carbons (Fsp3) is 0.714. The summed E-state index contributed by atoms with van der Waals surface area (Å²) in [4.78, 5) is 11.9. The lowest BCUT2D eigenvalue weighted by Crippen LogP contribution is -2.43. The van der Waals surface area contributed by atoms with E-state index in [9.17, 15) is 13.2 Å². The fourth-order valence-corrected chi connectivity index (χ4v) is 3.67. The van der Waals surface area contributed by atoms with Gasteiger partial charge in [-0.2, -0.15) is 5.10 Å². The zero-order valence-electron chi connectivity index (χ0n) is 13.2. The Morgan fingerprint density at radius 3 is 2.91 bits per heavy atom. The first-order valence-corrected chi connectivity index (χ1v) is 9.40. The van der Waals surface area contributed by atoms with Crippen molar-refractivity contribution in [3.05, 3.63) is 18.0 Å². The summed E-state index contributed by atoms with van der Waals surface area (Å²) in [5.41, 5.74) is 1.02. The van der Waals surface area contributed by atoms with Crippen LogP contribution in [-0.2, 0) is 28.3 Å². The molecule has 1 N–H and O–H groups in total. The summed E-state index contributed by atoms with van der Waals surface area (Å²) in [5.74, 6) is 0.196. The van der Waals surface area contributed by atoms with Crippen LogP contribution < -0.4 is 5.32 Å². The maximum absolute atomic E-state index is 11.9. The average Bonchev–Trinajstić information content (AvgIpc) is 2.88. The van der Waals surface area contributed by atoms with Gasteiger partial charge in [-0.1, -0.05) is 0 Å². The van der Waals surface area contributed by atoms with Crippen molar-refractivity contribution >= 4 is 15.9 Å². The van der Waals surface area contributed by atoms with Crippen LogP contribution in [0.1, 0.15) is 25.0 Å². The molecule has 1 aliphatic heterocycles. The van der Waals surface area contributed by atoms with E-state index in [0.29, 0.717) is 32.5 Å². The molecule has 0 radical (unpaired) electrons. The van der Waals surface area contributed by atoms with E-state index in [1.54, 1.807) is 10.9 Å². The second-order valence-electron chi connectivity index (χ2n) is 5.88. The molecule has 1 fully saturated rings. The fourth-order valence-electron chi connectivity index (χ4n) is 2.73. The third kappa shape index (κ3) is 4.81. The molecular formula is C14H24N4O3S. The van der Waals surface area contributed by atoms with Crippen molar-refractivity contribution < 1.29 is 13.2 Å². The first-order valence-electron chi connectivity index (χ1n) is 7.55. The number of hydrogen-bond donors (Lipinski definition) is 1. The van der Waals surface area contributed by atoms with Crippen molar-refractivity contribution in [3.8, 4) is 0 Å². The lowest BCUT2D eigenvalue weighted by molar-refractivity contribution is -0.121. The molecule has 1 amide bonds. The second kappa shape index (κ2) is 7.23. The maximum atomic E-state index is 11.9. The Morgan fingerprint density at radius 1 is 1.50 bits per heavy atom. The molecule has 0 unspecified atom stereocenters. The number of carbonyl (C=O) groups excluding carboxylic acids is 1. The van der Waals surface area contributed by atoms with Crippen molar-refractivity contribution in [1.29, 1.82) is 0 Å². The van der Waals surface area contributed by atoms with Crippen molar-refractivity contribution in [1.82, 2.24) is 19.4 Å². The van der Waals surface area contributed by atoms with E-state index in [1.807, 2.05) is 13.1 Å². The Hall–Kier alpha value is -1.41. The van der Waals surface area contributed by atoms with Crippen LogP contribution in [0.2, 0.25) is 0 Å². The zero-order valence-corrected chi connectivity index (χ0v) is 14.0.